The first-order valence-electron chi connectivity index (χ1n) is 24.3. The zero-order chi connectivity index (χ0) is 46.8. The van der Waals surface area contributed by atoms with E-state index < -0.39 is 0 Å². The zero-order valence-electron chi connectivity index (χ0n) is 38.7. The third kappa shape index (κ3) is 6.89. The molecule has 12 aromatic carbocycles. The number of rotatable bonds is 8. The van der Waals surface area contributed by atoms with E-state index in [4.69, 9.17) is 4.42 Å². The average Bonchev–Trinajstić information content (AvgIpc) is 4.00. The number of para-hydroxylation sites is 3. The van der Waals surface area contributed by atoms with Crippen molar-refractivity contribution in [3.05, 3.63) is 267 Å². The first-order valence-corrected chi connectivity index (χ1v) is 24.3. The topological polar surface area (TPSA) is 21.3 Å². The maximum absolute atomic E-state index is 6.72. The van der Waals surface area contributed by atoms with Crippen LogP contribution in [0.4, 0.5) is 17.1 Å². The Morgan fingerprint density at radius 3 is 1.52 bits per heavy atom. The van der Waals surface area contributed by atoms with Crippen LogP contribution in [0.2, 0.25) is 0 Å². The van der Waals surface area contributed by atoms with Crippen LogP contribution in [0.1, 0.15) is 0 Å². The fourth-order valence-electron chi connectivity index (χ4n) is 11.0. The molecule has 2 heterocycles. The standard InChI is InChI=1S/C68H44N2O/c1-3-18-56-48(13-1)15-12-23-57(56)50-29-27-45(28-30-50)46-31-37-53(38-32-46)69(64-24-8-5-19-58(64)52-36-41-62-63-42-35-49-14-2-4-20-59(49)68(63)71-67(62)44-52)54-39-33-47(34-40-54)51-16-11-17-55(43-51)70-65-25-9-6-21-60(65)61-22-7-10-26-66(61)70/h1-44H. The van der Waals surface area contributed by atoms with E-state index in [1.54, 1.807) is 0 Å². The minimum absolute atomic E-state index is 0.874. The number of furan rings is 1. The lowest BCUT2D eigenvalue weighted by Gasteiger charge is -2.28. The highest BCUT2D eigenvalue weighted by Crippen LogP contribution is 2.44. The fraction of sp³-hybridized carbons (Fsp3) is 0. The van der Waals surface area contributed by atoms with Crippen molar-refractivity contribution in [2.75, 3.05) is 4.90 Å². The molecule has 3 nitrogen and oxygen atoms in total. The van der Waals surface area contributed by atoms with Gasteiger partial charge in [0.25, 0.3) is 0 Å². The molecule has 0 radical (unpaired) electrons. The van der Waals surface area contributed by atoms with Crippen molar-refractivity contribution in [3.8, 4) is 50.2 Å². The lowest BCUT2D eigenvalue weighted by Crippen LogP contribution is -2.11. The summed E-state index contributed by atoms with van der Waals surface area (Å²) in [4.78, 5) is 2.39. The van der Waals surface area contributed by atoms with E-state index in [9.17, 15) is 0 Å². The smallest absolute Gasteiger partial charge is 0.143 e. The van der Waals surface area contributed by atoms with Crippen molar-refractivity contribution in [1.29, 1.82) is 0 Å². The van der Waals surface area contributed by atoms with Gasteiger partial charge in [-0.2, -0.15) is 0 Å². The first-order chi connectivity index (χ1) is 35.2. The number of hydrogen-bond acceptors (Lipinski definition) is 2. The summed E-state index contributed by atoms with van der Waals surface area (Å²) in [6.07, 6.45) is 0. The molecule has 3 heteroatoms. The van der Waals surface area contributed by atoms with Crippen molar-refractivity contribution >= 4 is 82.4 Å². The van der Waals surface area contributed by atoms with Gasteiger partial charge in [-0.1, -0.05) is 194 Å². The van der Waals surface area contributed by atoms with Crippen LogP contribution in [0.25, 0.3) is 115 Å². The van der Waals surface area contributed by atoms with E-state index >= 15 is 0 Å². The lowest BCUT2D eigenvalue weighted by molar-refractivity contribution is 0.673. The van der Waals surface area contributed by atoms with Gasteiger partial charge in [0.2, 0.25) is 0 Å². The van der Waals surface area contributed by atoms with Gasteiger partial charge in [0.15, 0.2) is 0 Å². The van der Waals surface area contributed by atoms with E-state index in [2.05, 4.69) is 276 Å². The van der Waals surface area contributed by atoms with Crippen LogP contribution in [0, 0.1) is 0 Å². The second kappa shape index (κ2) is 16.7. The summed E-state index contributed by atoms with van der Waals surface area (Å²) in [6, 6.07) is 96.6. The Labute approximate surface area is 411 Å². The molecule has 332 valence electrons. The van der Waals surface area contributed by atoms with Crippen molar-refractivity contribution in [1.82, 2.24) is 4.57 Å². The molecule has 0 fully saturated rings. The van der Waals surface area contributed by atoms with Crippen LogP contribution in [0.15, 0.2) is 271 Å². The zero-order valence-corrected chi connectivity index (χ0v) is 38.7. The van der Waals surface area contributed by atoms with E-state index in [-0.39, 0.29) is 0 Å². The summed E-state index contributed by atoms with van der Waals surface area (Å²) in [5, 5.41) is 9.57. The average molecular weight is 905 g/mol. The van der Waals surface area contributed by atoms with Crippen LogP contribution >= 0.6 is 0 Å². The molecule has 0 bridgehead atoms. The molecule has 0 aliphatic carbocycles. The van der Waals surface area contributed by atoms with Gasteiger partial charge in [0.05, 0.1) is 16.7 Å². The summed E-state index contributed by atoms with van der Waals surface area (Å²) in [6.45, 7) is 0. The van der Waals surface area contributed by atoms with Crippen LogP contribution in [0.3, 0.4) is 0 Å². The predicted octanol–water partition coefficient (Wildman–Crippen LogP) is 19.1. The summed E-state index contributed by atoms with van der Waals surface area (Å²) < 4.78 is 9.10. The highest BCUT2D eigenvalue weighted by atomic mass is 16.3. The Morgan fingerprint density at radius 1 is 0.296 bits per heavy atom. The highest BCUT2D eigenvalue weighted by Gasteiger charge is 2.20. The summed E-state index contributed by atoms with van der Waals surface area (Å²) in [5.74, 6) is 0. The van der Waals surface area contributed by atoms with Gasteiger partial charge in [-0.25, -0.2) is 0 Å². The van der Waals surface area contributed by atoms with Crippen LogP contribution in [0.5, 0.6) is 0 Å². The molecule has 14 aromatic rings. The van der Waals surface area contributed by atoms with Gasteiger partial charge in [0, 0.05) is 49.6 Å². The lowest BCUT2D eigenvalue weighted by atomic mass is 9.96. The minimum Gasteiger partial charge on any atom is -0.455 e. The minimum atomic E-state index is 0.874. The highest BCUT2D eigenvalue weighted by molar-refractivity contribution is 6.15. The third-order valence-electron chi connectivity index (χ3n) is 14.4. The predicted molar refractivity (Wildman–Crippen MR) is 299 cm³/mol. The molecule has 0 spiro atoms. The molecule has 0 unspecified atom stereocenters. The Bertz CT molecular complexity index is 4270. The Hall–Kier alpha value is -9.44. The molecule has 0 N–H and O–H groups in total. The van der Waals surface area contributed by atoms with Crippen LogP contribution in [-0.2, 0) is 0 Å². The maximum atomic E-state index is 6.72. The van der Waals surface area contributed by atoms with Gasteiger partial charge < -0.3 is 13.9 Å². The number of nitrogens with zero attached hydrogens (tertiary/aromatic N) is 2. The molecule has 0 saturated carbocycles. The summed E-state index contributed by atoms with van der Waals surface area (Å²) in [5.41, 5.74) is 17.8. The van der Waals surface area contributed by atoms with Crippen molar-refractivity contribution in [2.24, 2.45) is 0 Å². The normalized spacial score (nSPS) is 11.7. The molecule has 0 amide bonds. The number of benzene rings is 12. The SMILES string of the molecule is c1cc(-c2ccc(N(c3ccc(-c4ccc(-c5cccc6ccccc56)cc4)cc3)c3ccccc3-c3ccc4c(c3)oc3c5ccccc5ccc43)cc2)cc(-n2c3ccccc3c3ccccc32)c1. The Kier molecular flexibility index (Phi) is 9.53. The van der Waals surface area contributed by atoms with Gasteiger partial charge in [0.1, 0.15) is 11.2 Å². The molecular formula is C68H44N2O. The quantitative estimate of drug-likeness (QED) is 0.151. The van der Waals surface area contributed by atoms with Crippen molar-refractivity contribution < 1.29 is 4.42 Å². The second-order valence-electron chi connectivity index (χ2n) is 18.4. The van der Waals surface area contributed by atoms with E-state index in [1.807, 2.05) is 0 Å². The maximum Gasteiger partial charge on any atom is 0.143 e. The number of fused-ring (bicyclic) bond motifs is 9. The largest absolute Gasteiger partial charge is 0.455 e. The number of aromatic nitrogens is 1. The second-order valence-corrected chi connectivity index (χ2v) is 18.4. The van der Waals surface area contributed by atoms with E-state index in [0.717, 1.165) is 77.9 Å². The molecule has 14 rings (SSSR count). The monoisotopic (exact) mass is 904 g/mol. The fourth-order valence-corrected chi connectivity index (χ4v) is 11.0. The van der Waals surface area contributed by atoms with E-state index in [0.29, 0.717) is 0 Å². The van der Waals surface area contributed by atoms with Crippen molar-refractivity contribution in [2.45, 2.75) is 0 Å². The molecule has 0 aliphatic rings. The molecule has 0 saturated heterocycles. The number of anilines is 3. The molecule has 0 atom stereocenters. The molecule has 71 heavy (non-hydrogen) atoms. The van der Waals surface area contributed by atoms with Gasteiger partial charge in [-0.15, -0.1) is 0 Å². The molecule has 0 aliphatic heterocycles. The number of hydrogen-bond donors (Lipinski definition) is 0. The van der Waals surface area contributed by atoms with Crippen molar-refractivity contribution in [3.63, 3.8) is 0 Å². The van der Waals surface area contributed by atoms with Gasteiger partial charge in [-0.3, -0.25) is 0 Å². The molecular weight excluding hydrogens is 861 g/mol. The summed E-state index contributed by atoms with van der Waals surface area (Å²) in [7, 11) is 0. The first kappa shape index (κ1) is 40.6. The van der Waals surface area contributed by atoms with Crippen LogP contribution in [-0.4, -0.2) is 4.57 Å². The van der Waals surface area contributed by atoms with Crippen LogP contribution < -0.4 is 4.90 Å². The Morgan fingerprint density at radius 2 is 0.803 bits per heavy atom. The summed E-state index contributed by atoms with van der Waals surface area (Å²) >= 11 is 0. The Balaban J connectivity index is 0.859. The van der Waals surface area contributed by atoms with Gasteiger partial charge in [-0.05, 0) is 128 Å². The molecule has 2 aromatic heterocycles. The third-order valence-corrected chi connectivity index (χ3v) is 14.4. The van der Waals surface area contributed by atoms with Gasteiger partial charge >= 0.3 is 0 Å². The van der Waals surface area contributed by atoms with E-state index in [1.165, 1.54) is 54.7 Å².